The van der Waals surface area contributed by atoms with Crippen LogP contribution >= 0.6 is 0 Å². The maximum atomic E-state index is 11.3. The van der Waals surface area contributed by atoms with Crippen molar-refractivity contribution in [2.24, 2.45) is 5.92 Å². The molecule has 0 aliphatic rings. The van der Waals surface area contributed by atoms with Crippen LogP contribution in [0.2, 0.25) is 0 Å². The van der Waals surface area contributed by atoms with Crippen molar-refractivity contribution in [3.05, 3.63) is 35.4 Å². The third-order valence-electron chi connectivity index (χ3n) is 3.15. The lowest BCUT2D eigenvalue weighted by molar-refractivity contribution is -0.143. The number of aliphatic carboxylic acids is 2. The van der Waals surface area contributed by atoms with Crippen LogP contribution in [-0.2, 0) is 20.7 Å². The Morgan fingerprint density at radius 1 is 1.14 bits per heavy atom. The van der Waals surface area contributed by atoms with Crippen LogP contribution in [0.4, 0.5) is 0 Å². The molecule has 1 aromatic carbocycles. The van der Waals surface area contributed by atoms with Crippen molar-refractivity contribution in [1.29, 1.82) is 0 Å². The molecule has 21 heavy (non-hydrogen) atoms. The number of carboxylic acid groups (broad SMARTS) is 2. The molecule has 6 heteroatoms. The predicted octanol–water partition coefficient (Wildman–Crippen LogP) is 1.97. The van der Waals surface area contributed by atoms with Crippen LogP contribution in [-0.4, -0.2) is 35.2 Å². The molecule has 0 fully saturated rings. The minimum atomic E-state index is -0.947. The standard InChI is InChI=1S/C15H18O6/c1-21-15(20)11-7-5-10(6-8-11)9-12(14(18)19)3-2-4-13(16)17/h5-8,12H,2-4,9H2,1H3,(H,16,17)(H,18,19). The van der Waals surface area contributed by atoms with E-state index in [9.17, 15) is 14.4 Å². The van der Waals surface area contributed by atoms with E-state index < -0.39 is 23.8 Å². The summed E-state index contributed by atoms with van der Waals surface area (Å²) in [5.74, 6) is -2.95. The fourth-order valence-corrected chi connectivity index (χ4v) is 1.99. The monoisotopic (exact) mass is 294 g/mol. The maximum absolute atomic E-state index is 11.3. The Labute approximate surface area is 122 Å². The summed E-state index contributed by atoms with van der Waals surface area (Å²) in [6, 6.07) is 6.52. The number of ether oxygens (including phenoxy) is 1. The first-order valence-corrected chi connectivity index (χ1v) is 6.56. The maximum Gasteiger partial charge on any atom is 0.337 e. The number of esters is 1. The van der Waals surface area contributed by atoms with Crippen molar-refractivity contribution in [1.82, 2.24) is 0 Å². The van der Waals surface area contributed by atoms with Gasteiger partial charge in [0, 0.05) is 6.42 Å². The lowest BCUT2D eigenvalue weighted by Crippen LogP contribution is -2.17. The highest BCUT2D eigenvalue weighted by Gasteiger charge is 2.18. The highest BCUT2D eigenvalue weighted by atomic mass is 16.5. The van der Waals surface area contributed by atoms with E-state index in [-0.39, 0.29) is 6.42 Å². The Balaban J connectivity index is 2.64. The highest BCUT2D eigenvalue weighted by molar-refractivity contribution is 5.89. The van der Waals surface area contributed by atoms with Crippen LogP contribution in [0.15, 0.2) is 24.3 Å². The molecule has 0 bridgehead atoms. The van der Waals surface area contributed by atoms with Gasteiger partial charge in [0.25, 0.3) is 0 Å². The first kappa shape index (κ1) is 16.7. The molecular weight excluding hydrogens is 276 g/mol. The van der Waals surface area contributed by atoms with E-state index in [1.165, 1.54) is 7.11 Å². The number of carbonyl (C=O) groups excluding carboxylic acids is 1. The summed E-state index contributed by atoms with van der Waals surface area (Å²) in [6.07, 6.45) is 0.897. The number of carboxylic acids is 2. The van der Waals surface area contributed by atoms with Crippen molar-refractivity contribution in [2.45, 2.75) is 25.7 Å². The van der Waals surface area contributed by atoms with E-state index in [0.717, 1.165) is 5.56 Å². The van der Waals surface area contributed by atoms with Gasteiger partial charge in [-0.25, -0.2) is 4.79 Å². The first-order chi connectivity index (χ1) is 9.93. The number of methoxy groups -OCH3 is 1. The Kier molecular flexibility index (Phi) is 6.39. The molecule has 2 N–H and O–H groups in total. The van der Waals surface area contributed by atoms with E-state index in [4.69, 9.17) is 10.2 Å². The van der Waals surface area contributed by atoms with Gasteiger partial charge in [-0.2, -0.15) is 0 Å². The number of hydrogen-bond donors (Lipinski definition) is 2. The van der Waals surface area contributed by atoms with Gasteiger partial charge in [0.1, 0.15) is 0 Å². The van der Waals surface area contributed by atoms with Gasteiger partial charge in [0.2, 0.25) is 0 Å². The zero-order chi connectivity index (χ0) is 15.8. The molecule has 1 aromatic rings. The van der Waals surface area contributed by atoms with Crippen LogP contribution in [0.1, 0.15) is 35.2 Å². The second-order valence-corrected chi connectivity index (χ2v) is 4.71. The number of carbonyl (C=O) groups is 3. The van der Waals surface area contributed by atoms with Gasteiger partial charge < -0.3 is 14.9 Å². The summed E-state index contributed by atoms with van der Waals surface area (Å²) in [5.41, 5.74) is 1.18. The molecule has 0 aromatic heterocycles. The smallest absolute Gasteiger partial charge is 0.337 e. The molecule has 0 saturated heterocycles. The largest absolute Gasteiger partial charge is 0.481 e. The molecule has 6 nitrogen and oxygen atoms in total. The molecule has 0 saturated carbocycles. The minimum absolute atomic E-state index is 0.0366. The van der Waals surface area contributed by atoms with E-state index >= 15 is 0 Å². The summed E-state index contributed by atoms with van der Waals surface area (Å²) in [6.45, 7) is 0. The van der Waals surface area contributed by atoms with Crippen LogP contribution in [0.3, 0.4) is 0 Å². The normalized spacial score (nSPS) is 11.7. The zero-order valence-corrected chi connectivity index (χ0v) is 11.7. The molecule has 0 amide bonds. The highest BCUT2D eigenvalue weighted by Crippen LogP contribution is 2.17. The van der Waals surface area contributed by atoms with Crippen LogP contribution in [0.5, 0.6) is 0 Å². The third-order valence-corrected chi connectivity index (χ3v) is 3.15. The van der Waals surface area contributed by atoms with Crippen molar-refractivity contribution in [3.63, 3.8) is 0 Å². The molecule has 0 heterocycles. The van der Waals surface area contributed by atoms with Crippen molar-refractivity contribution in [2.75, 3.05) is 7.11 Å². The van der Waals surface area contributed by atoms with Crippen LogP contribution in [0.25, 0.3) is 0 Å². The van der Waals surface area contributed by atoms with Gasteiger partial charge in [0.05, 0.1) is 18.6 Å². The molecule has 0 spiro atoms. The van der Waals surface area contributed by atoms with E-state index in [1.807, 2.05) is 0 Å². The minimum Gasteiger partial charge on any atom is -0.481 e. The van der Waals surface area contributed by atoms with Gasteiger partial charge in [-0.15, -0.1) is 0 Å². The van der Waals surface area contributed by atoms with Crippen molar-refractivity contribution < 1.29 is 29.3 Å². The van der Waals surface area contributed by atoms with Crippen molar-refractivity contribution in [3.8, 4) is 0 Å². The summed E-state index contributed by atoms with van der Waals surface area (Å²) in [4.78, 5) is 32.9. The second-order valence-electron chi connectivity index (χ2n) is 4.71. The molecule has 1 unspecified atom stereocenters. The predicted molar refractivity (Wildman–Crippen MR) is 74.1 cm³/mol. The van der Waals surface area contributed by atoms with E-state index in [2.05, 4.69) is 4.74 Å². The fraction of sp³-hybridized carbons (Fsp3) is 0.400. The van der Waals surface area contributed by atoms with Gasteiger partial charge in [-0.1, -0.05) is 12.1 Å². The van der Waals surface area contributed by atoms with Gasteiger partial charge >= 0.3 is 17.9 Å². The van der Waals surface area contributed by atoms with Gasteiger partial charge in [0.15, 0.2) is 0 Å². The number of hydrogen-bond acceptors (Lipinski definition) is 4. The summed E-state index contributed by atoms with van der Waals surface area (Å²) in [5, 5.41) is 17.7. The van der Waals surface area contributed by atoms with E-state index in [1.54, 1.807) is 24.3 Å². The average molecular weight is 294 g/mol. The zero-order valence-electron chi connectivity index (χ0n) is 11.7. The van der Waals surface area contributed by atoms with Gasteiger partial charge in [-0.3, -0.25) is 9.59 Å². The summed E-state index contributed by atoms with van der Waals surface area (Å²) < 4.78 is 4.58. The molecular formula is C15H18O6. The van der Waals surface area contributed by atoms with E-state index in [0.29, 0.717) is 24.8 Å². The Bertz CT molecular complexity index is 505. The fourth-order valence-electron chi connectivity index (χ4n) is 1.99. The molecule has 114 valence electrons. The quantitative estimate of drug-likeness (QED) is 0.711. The molecule has 0 aliphatic heterocycles. The third kappa shape index (κ3) is 5.64. The van der Waals surface area contributed by atoms with Crippen molar-refractivity contribution >= 4 is 17.9 Å². The lowest BCUT2D eigenvalue weighted by atomic mass is 9.94. The summed E-state index contributed by atoms with van der Waals surface area (Å²) in [7, 11) is 1.29. The molecule has 1 atom stereocenters. The average Bonchev–Trinajstić information content (AvgIpc) is 2.45. The number of benzene rings is 1. The van der Waals surface area contributed by atoms with Crippen LogP contribution in [0, 0.1) is 5.92 Å². The topological polar surface area (TPSA) is 101 Å². The summed E-state index contributed by atoms with van der Waals surface area (Å²) >= 11 is 0. The Hall–Kier alpha value is -2.37. The Morgan fingerprint density at radius 3 is 2.24 bits per heavy atom. The lowest BCUT2D eigenvalue weighted by Gasteiger charge is -2.12. The number of rotatable bonds is 8. The first-order valence-electron chi connectivity index (χ1n) is 6.56. The SMILES string of the molecule is COC(=O)c1ccc(CC(CCCC(=O)O)C(=O)O)cc1. The Morgan fingerprint density at radius 2 is 1.76 bits per heavy atom. The second kappa shape index (κ2) is 8.04. The molecule has 0 radical (unpaired) electrons. The molecule has 0 aliphatic carbocycles. The van der Waals surface area contributed by atoms with Crippen LogP contribution < -0.4 is 0 Å². The van der Waals surface area contributed by atoms with Gasteiger partial charge in [-0.05, 0) is 37.0 Å². The molecule has 1 rings (SSSR count).